The van der Waals surface area contributed by atoms with Crippen LogP contribution < -0.4 is 4.90 Å². The van der Waals surface area contributed by atoms with Crippen LogP contribution in [-0.4, -0.2) is 72.8 Å². The van der Waals surface area contributed by atoms with Crippen molar-refractivity contribution >= 4 is 21.7 Å². The summed E-state index contributed by atoms with van der Waals surface area (Å²) in [5.41, 5.74) is 1.20. The third-order valence-electron chi connectivity index (χ3n) is 5.22. The number of aryl methyl sites for hydroxylation is 1. The summed E-state index contributed by atoms with van der Waals surface area (Å²) in [6.45, 7) is 8.61. The fourth-order valence-corrected chi connectivity index (χ4v) is 4.95. The number of sulfonamides is 1. The molecular formula is C20H27N5O3S. The van der Waals surface area contributed by atoms with Crippen LogP contribution in [0.2, 0.25) is 0 Å². The third kappa shape index (κ3) is 4.40. The molecule has 1 saturated heterocycles. The van der Waals surface area contributed by atoms with Crippen LogP contribution in [0.3, 0.4) is 0 Å². The van der Waals surface area contributed by atoms with E-state index in [1.54, 1.807) is 49.5 Å². The molecule has 1 aliphatic heterocycles. The van der Waals surface area contributed by atoms with Crippen molar-refractivity contribution in [1.82, 2.24) is 19.2 Å². The Morgan fingerprint density at radius 2 is 1.79 bits per heavy atom. The van der Waals surface area contributed by atoms with E-state index in [0.29, 0.717) is 44.8 Å². The fraction of sp³-hybridized carbons (Fsp3) is 0.450. The molecule has 0 atom stereocenters. The summed E-state index contributed by atoms with van der Waals surface area (Å²) in [6.07, 6.45) is 4.99. The smallest absolute Gasteiger partial charge is 0.254 e. The van der Waals surface area contributed by atoms with E-state index >= 15 is 0 Å². The highest BCUT2D eigenvalue weighted by Crippen LogP contribution is 2.22. The highest BCUT2D eigenvalue weighted by atomic mass is 32.2. The second kappa shape index (κ2) is 8.87. The van der Waals surface area contributed by atoms with Gasteiger partial charge in [-0.05, 0) is 24.6 Å². The van der Waals surface area contributed by atoms with Gasteiger partial charge in [0.15, 0.2) is 0 Å². The SMILES string of the molecule is CCN(CC)S(=O)(=O)c1ccc(C)c(C(=O)N2CCN(c3cnccn3)CC2)c1. The number of piperazine rings is 1. The van der Waals surface area contributed by atoms with Gasteiger partial charge in [0.1, 0.15) is 5.82 Å². The molecule has 29 heavy (non-hydrogen) atoms. The monoisotopic (exact) mass is 417 g/mol. The van der Waals surface area contributed by atoms with Gasteiger partial charge < -0.3 is 9.80 Å². The van der Waals surface area contributed by atoms with Gasteiger partial charge >= 0.3 is 0 Å². The topological polar surface area (TPSA) is 86.7 Å². The molecule has 1 aromatic heterocycles. The van der Waals surface area contributed by atoms with Crippen molar-refractivity contribution in [2.75, 3.05) is 44.2 Å². The molecule has 2 aromatic rings. The molecule has 1 fully saturated rings. The normalized spacial score (nSPS) is 15.0. The number of amides is 1. The molecule has 0 radical (unpaired) electrons. The zero-order valence-electron chi connectivity index (χ0n) is 17.1. The zero-order chi connectivity index (χ0) is 21.0. The summed E-state index contributed by atoms with van der Waals surface area (Å²) >= 11 is 0. The van der Waals surface area contributed by atoms with Crippen molar-refractivity contribution in [2.24, 2.45) is 0 Å². The Hall–Kier alpha value is -2.52. The zero-order valence-corrected chi connectivity index (χ0v) is 17.9. The molecule has 8 nitrogen and oxygen atoms in total. The van der Waals surface area contributed by atoms with Gasteiger partial charge in [0.2, 0.25) is 10.0 Å². The van der Waals surface area contributed by atoms with Gasteiger partial charge in [0.05, 0.1) is 11.1 Å². The number of hydrogen-bond acceptors (Lipinski definition) is 6. The highest BCUT2D eigenvalue weighted by molar-refractivity contribution is 7.89. The van der Waals surface area contributed by atoms with E-state index in [2.05, 4.69) is 14.9 Å². The Labute approximate surface area is 172 Å². The average Bonchev–Trinajstić information content (AvgIpc) is 2.75. The van der Waals surface area contributed by atoms with Crippen LogP contribution in [0.25, 0.3) is 0 Å². The number of nitrogens with zero attached hydrogens (tertiary/aromatic N) is 5. The summed E-state index contributed by atoms with van der Waals surface area (Å²) in [4.78, 5) is 25.5. The number of hydrogen-bond donors (Lipinski definition) is 0. The van der Waals surface area contributed by atoms with Gasteiger partial charge in [-0.3, -0.25) is 9.78 Å². The van der Waals surface area contributed by atoms with Gasteiger partial charge in [-0.1, -0.05) is 19.9 Å². The molecule has 0 unspecified atom stereocenters. The summed E-state index contributed by atoms with van der Waals surface area (Å²) < 4.78 is 27.1. The molecular weight excluding hydrogens is 390 g/mol. The summed E-state index contributed by atoms with van der Waals surface area (Å²) in [6, 6.07) is 4.80. The van der Waals surface area contributed by atoms with E-state index in [4.69, 9.17) is 0 Å². The maximum absolute atomic E-state index is 13.1. The van der Waals surface area contributed by atoms with Gasteiger partial charge in [-0.25, -0.2) is 13.4 Å². The molecule has 156 valence electrons. The maximum Gasteiger partial charge on any atom is 0.254 e. The lowest BCUT2D eigenvalue weighted by molar-refractivity contribution is 0.0745. The first-order valence-corrected chi connectivity index (χ1v) is 11.2. The summed E-state index contributed by atoms with van der Waals surface area (Å²) in [7, 11) is -3.61. The molecule has 9 heteroatoms. The predicted molar refractivity (Wildman–Crippen MR) is 111 cm³/mol. The van der Waals surface area contributed by atoms with Crippen LogP contribution in [0.1, 0.15) is 29.8 Å². The lowest BCUT2D eigenvalue weighted by atomic mass is 10.1. The third-order valence-corrected chi connectivity index (χ3v) is 7.27. The van der Waals surface area contributed by atoms with Crippen molar-refractivity contribution < 1.29 is 13.2 Å². The molecule has 1 aromatic carbocycles. The highest BCUT2D eigenvalue weighted by Gasteiger charge is 2.27. The lowest BCUT2D eigenvalue weighted by Crippen LogP contribution is -2.49. The van der Waals surface area contributed by atoms with Crippen molar-refractivity contribution in [3.63, 3.8) is 0 Å². The van der Waals surface area contributed by atoms with E-state index in [1.807, 2.05) is 6.92 Å². The number of carbonyl (C=O) groups is 1. The van der Waals surface area contributed by atoms with E-state index < -0.39 is 10.0 Å². The van der Waals surface area contributed by atoms with Crippen molar-refractivity contribution in [1.29, 1.82) is 0 Å². The molecule has 0 spiro atoms. The Balaban J connectivity index is 1.78. The van der Waals surface area contributed by atoms with Gasteiger partial charge in [-0.2, -0.15) is 4.31 Å². The van der Waals surface area contributed by atoms with Gasteiger partial charge in [-0.15, -0.1) is 0 Å². The fourth-order valence-electron chi connectivity index (χ4n) is 3.47. The molecule has 0 bridgehead atoms. The van der Waals surface area contributed by atoms with Crippen molar-refractivity contribution in [2.45, 2.75) is 25.7 Å². The van der Waals surface area contributed by atoms with E-state index in [0.717, 1.165) is 11.4 Å². The second-order valence-electron chi connectivity index (χ2n) is 6.91. The molecule has 3 rings (SSSR count). The Morgan fingerprint density at radius 1 is 1.10 bits per heavy atom. The number of aromatic nitrogens is 2. The predicted octanol–water partition coefficient (Wildman–Crippen LogP) is 1.78. The van der Waals surface area contributed by atoms with Crippen molar-refractivity contribution in [3.05, 3.63) is 47.9 Å². The average molecular weight is 418 g/mol. The number of rotatable bonds is 6. The number of benzene rings is 1. The second-order valence-corrected chi connectivity index (χ2v) is 8.85. The van der Waals surface area contributed by atoms with E-state index in [9.17, 15) is 13.2 Å². The first-order chi connectivity index (χ1) is 13.9. The van der Waals surface area contributed by atoms with Crippen LogP contribution in [0.5, 0.6) is 0 Å². The van der Waals surface area contributed by atoms with Gasteiger partial charge in [0, 0.05) is 57.2 Å². The molecule has 0 saturated carbocycles. The Kier molecular flexibility index (Phi) is 6.49. The summed E-state index contributed by atoms with van der Waals surface area (Å²) in [5, 5.41) is 0. The lowest BCUT2D eigenvalue weighted by Gasteiger charge is -2.35. The van der Waals surface area contributed by atoms with Crippen molar-refractivity contribution in [3.8, 4) is 0 Å². The molecule has 0 N–H and O–H groups in total. The molecule has 1 aliphatic rings. The Morgan fingerprint density at radius 3 is 2.38 bits per heavy atom. The first-order valence-electron chi connectivity index (χ1n) is 9.79. The van der Waals surface area contributed by atoms with Gasteiger partial charge in [0.25, 0.3) is 5.91 Å². The Bertz CT molecular complexity index is 953. The quantitative estimate of drug-likeness (QED) is 0.712. The van der Waals surface area contributed by atoms with E-state index in [-0.39, 0.29) is 10.8 Å². The van der Waals surface area contributed by atoms with Crippen LogP contribution in [0.4, 0.5) is 5.82 Å². The van der Waals surface area contributed by atoms with Crippen LogP contribution >= 0.6 is 0 Å². The minimum atomic E-state index is -3.61. The van der Waals surface area contributed by atoms with Crippen LogP contribution in [0, 0.1) is 6.92 Å². The number of anilines is 1. The maximum atomic E-state index is 13.1. The minimum absolute atomic E-state index is 0.141. The standard InChI is InChI=1S/C20H27N5O3S/c1-4-25(5-2)29(27,28)17-7-6-16(3)18(14-17)20(26)24-12-10-23(11-13-24)19-15-21-8-9-22-19/h6-9,14-15H,4-5,10-13H2,1-3H3. The van der Waals surface area contributed by atoms with Crippen LogP contribution in [-0.2, 0) is 10.0 Å². The summed E-state index contributed by atoms with van der Waals surface area (Å²) in [5.74, 6) is 0.654. The largest absolute Gasteiger partial charge is 0.352 e. The molecule has 0 aliphatic carbocycles. The minimum Gasteiger partial charge on any atom is -0.352 e. The van der Waals surface area contributed by atoms with E-state index in [1.165, 1.54) is 10.4 Å². The number of carbonyl (C=O) groups excluding carboxylic acids is 1. The first kappa shape index (κ1) is 21.2. The molecule has 1 amide bonds. The molecule has 2 heterocycles. The van der Waals surface area contributed by atoms with Crippen LogP contribution in [0.15, 0.2) is 41.7 Å².